The molecule has 0 unspecified atom stereocenters. The monoisotopic (exact) mass is 309 g/mol. The van der Waals surface area contributed by atoms with E-state index in [0.717, 1.165) is 22.4 Å². The molecule has 0 radical (unpaired) electrons. The molecule has 2 heterocycles. The van der Waals surface area contributed by atoms with Gasteiger partial charge >= 0.3 is 6.03 Å². The molecule has 0 spiro atoms. The zero-order valence-electron chi connectivity index (χ0n) is 12.2. The first-order valence-corrected chi connectivity index (χ1v) is 6.97. The van der Waals surface area contributed by atoms with Gasteiger partial charge in [0.25, 0.3) is 5.91 Å². The summed E-state index contributed by atoms with van der Waals surface area (Å²) in [7, 11) is 0. The summed E-state index contributed by atoms with van der Waals surface area (Å²) < 4.78 is 0. The van der Waals surface area contributed by atoms with Crippen molar-refractivity contribution >= 4 is 29.9 Å². The smallest absolute Gasteiger partial charge is 0.329 e. The lowest BCUT2D eigenvalue weighted by Gasteiger charge is -2.06. The topological polar surface area (TPSA) is 115 Å². The van der Waals surface area contributed by atoms with Gasteiger partial charge in [0.2, 0.25) is 0 Å². The number of anilines is 1. The van der Waals surface area contributed by atoms with Gasteiger partial charge in [-0.1, -0.05) is 12.1 Å². The minimum atomic E-state index is -0.518. The molecule has 0 saturated carbocycles. The first kappa shape index (κ1) is 14.6. The molecule has 1 aromatic carbocycles. The number of urea groups is 1. The summed E-state index contributed by atoms with van der Waals surface area (Å²) in [5.41, 5.74) is 9.08. The summed E-state index contributed by atoms with van der Waals surface area (Å²) in [4.78, 5) is 27.9. The number of nitrogens with one attached hydrogen (secondary N) is 3. The highest BCUT2D eigenvalue weighted by Crippen LogP contribution is 2.21. The van der Waals surface area contributed by atoms with Gasteiger partial charge in [-0.25, -0.2) is 4.79 Å². The van der Waals surface area contributed by atoms with Crippen LogP contribution in [0.4, 0.5) is 10.5 Å². The second-order valence-electron chi connectivity index (χ2n) is 5.06. The molecule has 1 aliphatic heterocycles. The van der Waals surface area contributed by atoms with Gasteiger partial charge < -0.3 is 21.4 Å². The van der Waals surface area contributed by atoms with Gasteiger partial charge in [0.1, 0.15) is 5.70 Å². The van der Waals surface area contributed by atoms with E-state index < -0.39 is 11.9 Å². The van der Waals surface area contributed by atoms with Gasteiger partial charge in [-0.05, 0) is 35.9 Å². The number of H-pyrrole nitrogens is 1. The van der Waals surface area contributed by atoms with Crippen molar-refractivity contribution in [1.82, 2.24) is 15.2 Å². The van der Waals surface area contributed by atoms with E-state index in [1.165, 1.54) is 0 Å². The summed E-state index contributed by atoms with van der Waals surface area (Å²) in [5.74, 6) is -0.442. The Morgan fingerprint density at radius 3 is 2.57 bits per heavy atom. The van der Waals surface area contributed by atoms with E-state index in [4.69, 9.17) is 11.1 Å². The third-order valence-corrected chi connectivity index (χ3v) is 3.47. The standard InChI is InChI=1S/C16H15N5O2/c17-7-8-21-15(22)14(20-16(21)23)9-12-5-6-13(19-12)10-1-3-11(18)4-2-10/h1-7,9,17,19H,8,18H2,(H,20,23)/b14-9-,17-7?. The van der Waals surface area contributed by atoms with Gasteiger partial charge in [0.05, 0.1) is 6.54 Å². The number of hydrogen-bond donors (Lipinski definition) is 4. The van der Waals surface area contributed by atoms with Crippen LogP contribution >= 0.6 is 0 Å². The van der Waals surface area contributed by atoms with Gasteiger partial charge in [-0.2, -0.15) is 0 Å². The second kappa shape index (κ2) is 5.80. The van der Waals surface area contributed by atoms with Crippen molar-refractivity contribution in [2.75, 3.05) is 12.3 Å². The number of hydrogen-bond acceptors (Lipinski definition) is 4. The SMILES string of the molecule is N=CCN1C(=O)N/C(=C\c2ccc(-c3ccc(N)cc3)[nH]2)C1=O. The second-order valence-corrected chi connectivity index (χ2v) is 5.06. The Kier molecular flexibility index (Phi) is 3.68. The highest BCUT2D eigenvalue weighted by atomic mass is 16.2. The number of imide groups is 1. The zero-order valence-corrected chi connectivity index (χ0v) is 12.2. The van der Waals surface area contributed by atoms with Gasteiger partial charge in [-0.3, -0.25) is 9.69 Å². The minimum Gasteiger partial charge on any atom is -0.399 e. The molecule has 7 heteroatoms. The zero-order chi connectivity index (χ0) is 16.4. The lowest BCUT2D eigenvalue weighted by Crippen LogP contribution is -2.32. The molecule has 0 atom stereocenters. The Balaban J connectivity index is 1.84. The maximum absolute atomic E-state index is 12.1. The molecule has 3 amide bonds. The Morgan fingerprint density at radius 2 is 1.87 bits per heavy atom. The van der Waals surface area contributed by atoms with E-state index in [1.54, 1.807) is 6.08 Å². The Labute approximate surface area is 132 Å². The van der Waals surface area contributed by atoms with Crippen molar-refractivity contribution in [2.45, 2.75) is 0 Å². The molecule has 23 heavy (non-hydrogen) atoms. The van der Waals surface area contributed by atoms with E-state index in [2.05, 4.69) is 10.3 Å². The number of aromatic amines is 1. The largest absolute Gasteiger partial charge is 0.399 e. The van der Waals surface area contributed by atoms with Crippen molar-refractivity contribution in [3.05, 3.63) is 47.8 Å². The van der Waals surface area contributed by atoms with Crippen LogP contribution in [-0.2, 0) is 4.79 Å². The van der Waals surface area contributed by atoms with Crippen molar-refractivity contribution in [3.8, 4) is 11.3 Å². The van der Waals surface area contributed by atoms with E-state index in [1.807, 2.05) is 36.4 Å². The maximum atomic E-state index is 12.1. The van der Waals surface area contributed by atoms with Crippen LogP contribution in [0.25, 0.3) is 17.3 Å². The summed E-state index contributed by atoms with van der Waals surface area (Å²) in [6.07, 6.45) is 2.58. The van der Waals surface area contributed by atoms with Crippen LogP contribution in [0, 0.1) is 5.41 Å². The third kappa shape index (κ3) is 2.84. The van der Waals surface area contributed by atoms with Crippen LogP contribution in [0.1, 0.15) is 5.69 Å². The molecular weight excluding hydrogens is 294 g/mol. The first-order valence-electron chi connectivity index (χ1n) is 6.97. The Hall–Kier alpha value is -3.35. The highest BCUT2D eigenvalue weighted by molar-refractivity contribution is 6.14. The van der Waals surface area contributed by atoms with Crippen LogP contribution in [-0.4, -0.2) is 34.6 Å². The van der Waals surface area contributed by atoms with Crippen LogP contribution in [0.2, 0.25) is 0 Å². The molecule has 0 bridgehead atoms. The molecule has 0 aliphatic carbocycles. The highest BCUT2D eigenvalue weighted by Gasteiger charge is 2.32. The number of amides is 3. The summed E-state index contributed by atoms with van der Waals surface area (Å²) in [6.45, 7) is -0.0383. The van der Waals surface area contributed by atoms with Gasteiger partial charge in [0, 0.05) is 23.3 Å². The Bertz CT molecular complexity index is 804. The quantitative estimate of drug-likeness (QED) is 0.299. The van der Waals surface area contributed by atoms with Crippen molar-refractivity contribution in [3.63, 3.8) is 0 Å². The normalized spacial score (nSPS) is 16.0. The van der Waals surface area contributed by atoms with Crippen LogP contribution in [0.3, 0.4) is 0 Å². The lowest BCUT2D eigenvalue weighted by molar-refractivity contribution is -0.122. The van der Waals surface area contributed by atoms with Crippen molar-refractivity contribution < 1.29 is 9.59 Å². The summed E-state index contributed by atoms with van der Waals surface area (Å²) in [6, 6.07) is 10.6. The van der Waals surface area contributed by atoms with Crippen molar-refractivity contribution in [2.24, 2.45) is 0 Å². The van der Waals surface area contributed by atoms with Gasteiger partial charge in [-0.15, -0.1) is 0 Å². The van der Waals surface area contributed by atoms with Crippen LogP contribution in [0.15, 0.2) is 42.1 Å². The third-order valence-electron chi connectivity index (χ3n) is 3.47. The van der Waals surface area contributed by atoms with Crippen molar-refractivity contribution in [1.29, 1.82) is 5.41 Å². The van der Waals surface area contributed by atoms with Crippen LogP contribution in [0.5, 0.6) is 0 Å². The maximum Gasteiger partial charge on any atom is 0.329 e. The van der Waals surface area contributed by atoms with E-state index in [0.29, 0.717) is 11.4 Å². The van der Waals surface area contributed by atoms with E-state index >= 15 is 0 Å². The number of nitrogens with zero attached hydrogens (tertiary/aromatic N) is 1. The van der Waals surface area contributed by atoms with E-state index in [9.17, 15) is 9.59 Å². The lowest BCUT2D eigenvalue weighted by atomic mass is 10.1. The number of nitrogen functional groups attached to an aromatic ring is 1. The molecule has 7 nitrogen and oxygen atoms in total. The average molecular weight is 309 g/mol. The molecule has 116 valence electrons. The summed E-state index contributed by atoms with van der Waals surface area (Å²) >= 11 is 0. The number of nitrogens with two attached hydrogens (primary N) is 1. The molecule has 2 aromatic rings. The molecule has 1 aliphatic rings. The molecule has 1 saturated heterocycles. The van der Waals surface area contributed by atoms with Crippen LogP contribution < -0.4 is 11.1 Å². The predicted molar refractivity (Wildman–Crippen MR) is 87.6 cm³/mol. The summed E-state index contributed by atoms with van der Waals surface area (Å²) in [5, 5.41) is 9.52. The molecule has 5 N–H and O–H groups in total. The first-order chi connectivity index (χ1) is 11.1. The fraction of sp³-hybridized carbons (Fsp3) is 0.0625. The number of carbonyl (C=O) groups is 2. The van der Waals surface area contributed by atoms with Gasteiger partial charge in [0.15, 0.2) is 0 Å². The number of aromatic nitrogens is 1. The fourth-order valence-corrected chi connectivity index (χ4v) is 2.31. The minimum absolute atomic E-state index is 0.0383. The van der Waals surface area contributed by atoms with E-state index in [-0.39, 0.29) is 12.2 Å². The Morgan fingerprint density at radius 1 is 1.13 bits per heavy atom. The predicted octanol–water partition coefficient (Wildman–Crippen LogP) is 1.81. The average Bonchev–Trinajstić information content (AvgIpc) is 3.09. The number of rotatable bonds is 4. The molecule has 3 rings (SSSR count). The fourth-order valence-electron chi connectivity index (χ4n) is 2.31. The number of carbonyl (C=O) groups excluding carboxylic acids is 2. The molecule has 1 aromatic heterocycles. The molecular formula is C16H15N5O2. The molecule has 1 fully saturated rings. The number of benzene rings is 1.